The Balaban J connectivity index is 1.90. The molecule has 0 N–H and O–H groups in total. The molecule has 0 radical (unpaired) electrons. The largest absolute Gasteiger partial charge is 0.367 e. The Bertz CT molecular complexity index is 246. The Morgan fingerprint density at radius 1 is 1.38 bits per heavy atom. The lowest BCUT2D eigenvalue weighted by atomic mass is 10.2. The van der Waals surface area contributed by atoms with E-state index in [1.807, 2.05) is 24.4 Å². The van der Waals surface area contributed by atoms with Crippen LogP contribution in [0.5, 0.6) is 0 Å². The zero-order valence-corrected chi connectivity index (χ0v) is 8.30. The second-order valence-corrected chi connectivity index (χ2v) is 4.26. The fraction of sp³-hybridized carbons (Fsp3) is 0.500. The first-order chi connectivity index (χ1) is 6.45. The summed E-state index contributed by atoms with van der Waals surface area (Å²) in [5, 5.41) is 1.06. The lowest BCUT2D eigenvalue weighted by molar-refractivity contribution is 0.0727. The molecule has 0 spiro atoms. The zero-order chi connectivity index (χ0) is 8.93. The van der Waals surface area contributed by atoms with E-state index < -0.39 is 0 Å². The molecule has 1 atom stereocenters. The van der Waals surface area contributed by atoms with Gasteiger partial charge in [0.2, 0.25) is 0 Å². The molecular formula is C10H13NOS. The molecule has 2 nitrogen and oxygen atoms in total. The Kier molecular flexibility index (Phi) is 3.22. The molecule has 2 rings (SSSR count). The van der Waals surface area contributed by atoms with Crippen molar-refractivity contribution in [2.24, 2.45) is 0 Å². The van der Waals surface area contributed by atoms with Gasteiger partial charge in [0, 0.05) is 12.8 Å². The van der Waals surface area contributed by atoms with Crippen LogP contribution in [0.2, 0.25) is 0 Å². The fourth-order valence-corrected chi connectivity index (χ4v) is 2.35. The van der Waals surface area contributed by atoms with Gasteiger partial charge in [-0.2, -0.15) is 0 Å². The molecule has 0 aromatic carbocycles. The summed E-state index contributed by atoms with van der Waals surface area (Å²) in [4.78, 5) is 4.26. The molecule has 2 heterocycles. The van der Waals surface area contributed by atoms with Gasteiger partial charge in [0.15, 0.2) is 0 Å². The Labute approximate surface area is 82.7 Å². The van der Waals surface area contributed by atoms with Crippen LogP contribution >= 0.6 is 11.8 Å². The molecule has 0 amide bonds. The molecule has 1 aliphatic heterocycles. The standard InChI is InChI=1S/C10H13NOS/c1-3-7-11-9(5-1)13-10-6-2-4-8-12-10/h1,3,5,7,10H,2,4,6,8H2. The highest BCUT2D eigenvalue weighted by Crippen LogP contribution is 2.28. The normalized spacial score (nSPS) is 22.9. The van der Waals surface area contributed by atoms with Gasteiger partial charge in [0.25, 0.3) is 0 Å². The SMILES string of the molecule is c1ccc(SC2CCCCO2)nc1. The van der Waals surface area contributed by atoms with Crippen LogP contribution in [0.15, 0.2) is 29.4 Å². The van der Waals surface area contributed by atoms with Crippen LogP contribution < -0.4 is 0 Å². The summed E-state index contributed by atoms with van der Waals surface area (Å²) in [6, 6.07) is 5.98. The quantitative estimate of drug-likeness (QED) is 0.724. The smallest absolute Gasteiger partial charge is 0.109 e. The molecule has 1 unspecified atom stereocenters. The summed E-state index contributed by atoms with van der Waals surface area (Å²) in [5.74, 6) is 0. The van der Waals surface area contributed by atoms with E-state index in [0.717, 1.165) is 18.1 Å². The first-order valence-corrected chi connectivity index (χ1v) is 5.52. The van der Waals surface area contributed by atoms with E-state index in [9.17, 15) is 0 Å². The van der Waals surface area contributed by atoms with Crippen LogP contribution in [0.3, 0.4) is 0 Å². The summed E-state index contributed by atoms with van der Waals surface area (Å²) in [6.45, 7) is 0.907. The first-order valence-electron chi connectivity index (χ1n) is 4.64. The third-order valence-electron chi connectivity index (χ3n) is 2.03. The summed E-state index contributed by atoms with van der Waals surface area (Å²) >= 11 is 1.73. The van der Waals surface area contributed by atoms with Crippen molar-refractivity contribution in [1.82, 2.24) is 4.98 Å². The van der Waals surface area contributed by atoms with Crippen LogP contribution in [-0.4, -0.2) is 17.0 Å². The van der Waals surface area contributed by atoms with E-state index >= 15 is 0 Å². The third-order valence-corrected chi connectivity index (χ3v) is 3.15. The number of hydrogen-bond donors (Lipinski definition) is 0. The maximum atomic E-state index is 5.60. The van der Waals surface area contributed by atoms with E-state index in [2.05, 4.69) is 4.98 Å². The fourth-order valence-electron chi connectivity index (χ4n) is 1.36. The molecule has 0 aliphatic carbocycles. The van der Waals surface area contributed by atoms with Crippen molar-refractivity contribution >= 4 is 11.8 Å². The maximum Gasteiger partial charge on any atom is 0.109 e. The molecule has 3 heteroatoms. The predicted octanol–water partition coefficient (Wildman–Crippen LogP) is 2.70. The molecule has 1 fully saturated rings. The van der Waals surface area contributed by atoms with Gasteiger partial charge in [-0.3, -0.25) is 0 Å². The van der Waals surface area contributed by atoms with Crippen LogP contribution in [0.1, 0.15) is 19.3 Å². The molecule has 1 aliphatic rings. The summed E-state index contributed by atoms with van der Waals surface area (Å²) in [7, 11) is 0. The van der Waals surface area contributed by atoms with E-state index in [-0.39, 0.29) is 0 Å². The van der Waals surface area contributed by atoms with E-state index in [4.69, 9.17) is 4.74 Å². The van der Waals surface area contributed by atoms with E-state index in [1.165, 1.54) is 12.8 Å². The van der Waals surface area contributed by atoms with Gasteiger partial charge >= 0.3 is 0 Å². The van der Waals surface area contributed by atoms with E-state index in [0.29, 0.717) is 5.44 Å². The van der Waals surface area contributed by atoms with Crippen LogP contribution in [0.4, 0.5) is 0 Å². The Morgan fingerprint density at radius 3 is 3.08 bits per heavy atom. The average molecular weight is 195 g/mol. The maximum absolute atomic E-state index is 5.60. The number of pyridine rings is 1. The molecule has 13 heavy (non-hydrogen) atoms. The van der Waals surface area contributed by atoms with Gasteiger partial charge in [-0.25, -0.2) is 4.98 Å². The highest BCUT2D eigenvalue weighted by molar-refractivity contribution is 7.99. The second kappa shape index (κ2) is 4.63. The number of ether oxygens (including phenoxy) is 1. The van der Waals surface area contributed by atoms with Crippen molar-refractivity contribution in [2.75, 3.05) is 6.61 Å². The van der Waals surface area contributed by atoms with Crippen LogP contribution in [-0.2, 0) is 4.74 Å². The average Bonchev–Trinajstić information content (AvgIpc) is 2.21. The van der Waals surface area contributed by atoms with Gasteiger partial charge in [0.05, 0.1) is 5.03 Å². The Morgan fingerprint density at radius 2 is 2.38 bits per heavy atom. The predicted molar refractivity (Wildman–Crippen MR) is 53.7 cm³/mol. The van der Waals surface area contributed by atoms with Crippen LogP contribution in [0, 0.1) is 0 Å². The molecule has 1 saturated heterocycles. The minimum absolute atomic E-state index is 0.323. The van der Waals surface area contributed by atoms with Gasteiger partial charge in [-0.15, -0.1) is 0 Å². The number of aromatic nitrogens is 1. The molecule has 0 bridgehead atoms. The number of rotatable bonds is 2. The van der Waals surface area contributed by atoms with E-state index in [1.54, 1.807) is 11.8 Å². The van der Waals surface area contributed by atoms with Gasteiger partial charge in [-0.1, -0.05) is 17.8 Å². The molecular weight excluding hydrogens is 182 g/mol. The molecule has 1 aromatic heterocycles. The highest BCUT2D eigenvalue weighted by atomic mass is 32.2. The van der Waals surface area contributed by atoms with Crippen molar-refractivity contribution in [1.29, 1.82) is 0 Å². The third kappa shape index (κ3) is 2.71. The molecule has 70 valence electrons. The van der Waals surface area contributed by atoms with Crippen molar-refractivity contribution in [3.8, 4) is 0 Å². The van der Waals surface area contributed by atoms with Gasteiger partial charge < -0.3 is 4.74 Å². The number of thioether (sulfide) groups is 1. The van der Waals surface area contributed by atoms with Gasteiger partial charge in [-0.05, 0) is 31.4 Å². The van der Waals surface area contributed by atoms with Crippen molar-refractivity contribution in [3.05, 3.63) is 24.4 Å². The minimum Gasteiger partial charge on any atom is -0.367 e. The lowest BCUT2D eigenvalue weighted by Gasteiger charge is -2.21. The highest BCUT2D eigenvalue weighted by Gasteiger charge is 2.14. The second-order valence-electron chi connectivity index (χ2n) is 3.08. The number of nitrogens with zero attached hydrogens (tertiary/aromatic N) is 1. The van der Waals surface area contributed by atoms with Crippen molar-refractivity contribution in [2.45, 2.75) is 29.7 Å². The molecule has 0 saturated carbocycles. The monoisotopic (exact) mass is 195 g/mol. The minimum atomic E-state index is 0.323. The molecule has 1 aromatic rings. The number of hydrogen-bond acceptors (Lipinski definition) is 3. The lowest BCUT2D eigenvalue weighted by Crippen LogP contribution is -2.15. The summed E-state index contributed by atoms with van der Waals surface area (Å²) in [5.41, 5.74) is 0.323. The Hall–Kier alpha value is -0.540. The summed E-state index contributed by atoms with van der Waals surface area (Å²) < 4.78 is 5.60. The van der Waals surface area contributed by atoms with Crippen molar-refractivity contribution in [3.63, 3.8) is 0 Å². The van der Waals surface area contributed by atoms with Crippen molar-refractivity contribution < 1.29 is 4.74 Å². The zero-order valence-electron chi connectivity index (χ0n) is 7.48. The summed E-state index contributed by atoms with van der Waals surface area (Å²) in [6.07, 6.45) is 5.47. The topological polar surface area (TPSA) is 22.1 Å². The van der Waals surface area contributed by atoms with Gasteiger partial charge in [0.1, 0.15) is 5.44 Å². The van der Waals surface area contributed by atoms with Crippen LogP contribution in [0.25, 0.3) is 0 Å². The first kappa shape index (κ1) is 9.03.